The molecule has 0 spiro atoms. The largest absolute Gasteiger partial charge is 0.478 e. The first-order chi connectivity index (χ1) is 9.65. The molecule has 0 atom stereocenters. The molecular weight excluding hydrogens is 256 g/mol. The number of nitrogens with zero attached hydrogens (tertiary/aromatic N) is 2. The topological polar surface area (TPSA) is 60.9 Å². The number of carbonyl (C=O) groups excluding carboxylic acids is 1. The van der Waals surface area contributed by atoms with E-state index in [-0.39, 0.29) is 11.5 Å². The van der Waals surface area contributed by atoms with E-state index in [9.17, 15) is 9.59 Å². The predicted molar refractivity (Wildman–Crippen MR) is 73.9 cm³/mol. The van der Waals surface area contributed by atoms with Crippen molar-refractivity contribution in [3.63, 3.8) is 0 Å². The molecule has 1 heterocycles. The van der Waals surface area contributed by atoms with Gasteiger partial charge < -0.3 is 10.0 Å². The quantitative estimate of drug-likeness (QED) is 0.902. The van der Waals surface area contributed by atoms with Crippen molar-refractivity contribution in [2.24, 2.45) is 0 Å². The van der Waals surface area contributed by atoms with Gasteiger partial charge in [-0.3, -0.25) is 9.69 Å². The van der Waals surface area contributed by atoms with Gasteiger partial charge in [0, 0.05) is 37.8 Å². The molecule has 1 saturated heterocycles. The second kappa shape index (κ2) is 5.25. The minimum absolute atomic E-state index is 0.0662. The van der Waals surface area contributed by atoms with Gasteiger partial charge in [0.2, 0.25) is 0 Å². The molecule has 106 valence electrons. The SMILES string of the molecule is O=C(O)c1cccc(C(=O)N2CCN(C3CC3)CC2)c1. The highest BCUT2D eigenvalue weighted by Crippen LogP contribution is 2.27. The second-order valence-corrected chi connectivity index (χ2v) is 5.45. The van der Waals surface area contributed by atoms with Gasteiger partial charge in [-0.2, -0.15) is 0 Å². The van der Waals surface area contributed by atoms with Crippen molar-refractivity contribution in [2.45, 2.75) is 18.9 Å². The first-order valence-corrected chi connectivity index (χ1v) is 7.02. The summed E-state index contributed by atoms with van der Waals surface area (Å²) in [6.07, 6.45) is 2.57. The number of carboxylic acids is 1. The zero-order valence-electron chi connectivity index (χ0n) is 11.3. The van der Waals surface area contributed by atoms with Gasteiger partial charge in [0.05, 0.1) is 5.56 Å². The number of piperazine rings is 1. The Labute approximate surface area is 117 Å². The van der Waals surface area contributed by atoms with Crippen LogP contribution in [0.2, 0.25) is 0 Å². The zero-order valence-corrected chi connectivity index (χ0v) is 11.3. The normalized spacial score (nSPS) is 19.9. The van der Waals surface area contributed by atoms with Crippen molar-refractivity contribution < 1.29 is 14.7 Å². The fourth-order valence-electron chi connectivity index (χ4n) is 2.70. The van der Waals surface area contributed by atoms with Gasteiger partial charge >= 0.3 is 5.97 Å². The lowest BCUT2D eigenvalue weighted by Crippen LogP contribution is -2.49. The van der Waals surface area contributed by atoms with Crippen LogP contribution in [0.5, 0.6) is 0 Å². The van der Waals surface area contributed by atoms with Crippen LogP contribution >= 0.6 is 0 Å². The van der Waals surface area contributed by atoms with Gasteiger partial charge in [0.1, 0.15) is 0 Å². The van der Waals surface area contributed by atoms with Gasteiger partial charge in [-0.05, 0) is 31.0 Å². The lowest BCUT2D eigenvalue weighted by Gasteiger charge is -2.34. The van der Waals surface area contributed by atoms with E-state index < -0.39 is 5.97 Å². The molecule has 20 heavy (non-hydrogen) atoms. The van der Waals surface area contributed by atoms with Crippen LogP contribution in [0.4, 0.5) is 0 Å². The van der Waals surface area contributed by atoms with E-state index in [1.54, 1.807) is 12.1 Å². The van der Waals surface area contributed by atoms with Crippen molar-refractivity contribution in [2.75, 3.05) is 26.2 Å². The van der Waals surface area contributed by atoms with E-state index in [0.717, 1.165) is 32.2 Å². The molecule has 1 aliphatic carbocycles. The van der Waals surface area contributed by atoms with Gasteiger partial charge in [-0.15, -0.1) is 0 Å². The summed E-state index contributed by atoms with van der Waals surface area (Å²) in [5, 5.41) is 8.97. The Hall–Kier alpha value is -1.88. The molecule has 0 radical (unpaired) electrons. The minimum atomic E-state index is -1.00. The summed E-state index contributed by atoms with van der Waals surface area (Å²) in [4.78, 5) is 27.6. The van der Waals surface area contributed by atoms with Crippen molar-refractivity contribution in [1.29, 1.82) is 0 Å². The molecule has 1 amide bonds. The Bertz CT molecular complexity index is 532. The maximum Gasteiger partial charge on any atom is 0.335 e. The van der Waals surface area contributed by atoms with E-state index in [4.69, 9.17) is 5.11 Å². The first-order valence-electron chi connectivity index (χ1n) is 7.02. The summed E-state index contributed by atoms with van der Waals surface area (Å²) in [7, 11) is 0. The van der Waals surface area contributed by atoms with Gasteiger partial charge in [-0.25, -0.2) is 4.79 Å². The number of hydrogen-bond donors (Lipinski definition) is 1. The molecule has 2 fully saturated rings. The lowest BCUT2D eigenvalue weighted by atomic mass is 10.1. The maximum atomic E-state index is 12.4. The zero-order chi connectivity index (χ0) is 14.1. The molecule has 1 aromatic rings. The Morgan fingerprint density at radius 2 is 1.70 bits per heavy atom. The molecule has 1 aromatic carbocycles. The number of benzene rings is 1. The lowest BCUT2D eigenvalue weighted by molar-refractivity contribution is 0.0627. The van der Waals surface area contributed by atoms with Crippen molar-refractivity contribution in [1.82, 2.24) is 9.80 Å². The maximum absolute atomic E-state index is 12.4. The average molecular weight is 274 g/mol. The summed E-state index contributed by atoms with van der Waals surface area (Å²) in [5.41, 5.74) is 0.622. The van der Waals surface area contributed by atoms with Gasteiger partial charge in [-0.1, -0.05) is 6.07 Å². The number of amides is 1. The number of aromatic carboxylic acids is 1. The van der Waals surface area contributed by atoms with Gasteiger partial charge in [0.25, 0.3) is 5.91 Å². The fourth-order valence-corrected chi connectivity index (χ4v) is 2.70. The molecule has 1 aliphatic heterocycles. The predicted octanol–water partition coefficient (Wildman–Crippen LogP) is 1.30. The molecule has 0 bridgehead atoms. The van der Waals surface area contributed by atoms with Crippen LogP contribution in [0.1, 0.15) is 33.6 Å². The second-order valence-electron chi connectivity index (χ2n) is 5.45. The molecule has 0 aromatic heterocycles. The van der Waals surface area contributed by atoms with E-state index in [0.29, 0.717) is 5.56 Å². The van der Waals surface area contributed by atoms with Crippen LogP contribution in [0, 0.1) is 0 Å². The Kier molecular flexibility index (Phi) is 3.44. The average Bonchev–Trinajstić information content (AvgIpc) is 3.31. The van der Waals surface area contributed by atoms with Crippen molar-refractivity contribution >= 4 is 11.9 Å². The fraction of sp³-hybridized carbons (Fsp3) is 0.467. The molecule has 2 aliphatic rings. The molecule has 1 N–H and O–H groups in total. The van der Waals surface area contributed by atoms with E-state index in [1.165, 1.54) is 25.0 Å². The number of carboxylic acid groups (broad SMARTS) is 1. The molecule has 5 nitrogen and oxygen atoms in total. The first kappa shape index (κ1) is 13.1. The minimum Gasteiger partial charge on any atom is -0.478 e. The van der Waals surface area contributed by atoms with Crippen LogP contribution in [-0.2, 0) is 0 Å². The van der Waals surface area contributed by atoms with Crippen LogP contribution in [0.15, 0.2) is 24.3 Å². The van der Waals surface area contributed by atoms with Crippen molar-refractivity contribution in [3.8, 4) is 0 Å². The number of hydrogen-bond acceptors (Lipinski definition) is 3. The molecule has 1 saturated carbocycles. The molecule has 0 unspecified atom stereocenters. The third kappa shape index (κ3) is 2.67. The summed E-state index contributed by atoms with van der Waals surface area (Å²) >= 11 is 0. The molecular formula is C15H18N2O3. The Morgan fingerprint density at radius 3 is 2.30 bits per heavy atom. The number of carbonyl (C=O) groups is 2. The highest BCUT2D eigenvalue weighted by molar-refractivity contribution is 5.97. The molecule has 5 heteroatoms. The summed E-state index contributed by atoms with van der Waals surface area (Å²) in [6, 6.07) is 7.00. The summed E-state index contributed by atoms with van der Waals surface area (Å²) in [6.45, 7) is 3.31. The molecule has 3 rings (SSSR count). The summed E-state index contributed by atoms with van der Waals surface area (Å²) < 4.78 is 0. The van der Waals surface area contributed by atoms with Crippen LogP contribution in [0.3, 0.4) is 0 Å². The third-order valence-corrected chi connectivity index (χ3v) is 4.02. The van der Waals surface area contributed by atoms with E-state index in [1.807, 2.05) is 4.90 Å². The Morgan fingerprint density at radius 1 is 1.05 bits per heavy atom. The van der Waals surface area contributed by atoms with Crippen molar-refractivity contribution in [3.05, 3.63) is 35.4 Å². The van der Waals surface area contributed by atoms with Crippen LogP contribution in [-0.4, -0.2) is 59.0 Å². The van der Waals surface area contributed by atoms with E-state index >= 15 is 0 Å². The highest BCUT2D eigenvalue weighted by Gasteiger charge is 2.32. The summed E-state index contributed by atoms with van der Waals surface area (Å²) in [5.74, 6) is -1.07. The monoisotopic (exact) mass is 274 g/mol. The van der Waals surface area contributed by atoms with Gasteiger partial charge in [0.15, 0.2) is 0 Å². The van der Waals surface area contributed by atoms with E-state index in [2.05, 4.69) is 4.90 Å². The smallest absolute Gasteiger partial charge is 0.335 e. The highest BCUT2D eigenvalue weighted by atomic mass is 16.4. The Balaban J connectivity index is 1.66. The van der Waals surface area contributed by atoms with Crippen LogP contribution < -0.4 is 0 Å². The third-order valence-electron chi connectivity index (χ3n) is 4.02. The number of rotatable bonds is 3. The standard InChI is InChI=1S/C15H18N2O3/c18-14(11-2-1-3-12(10-11)15(19)20)17-8-6-16(7-9-17)13-4-5-13/h1-3,10,13H,4-9H2,(H,19,20). The van der Waals surface area contributed by atoms with Crippen LogP contribution in [0.25, 0.3) is 0 Å².